The maximum Gasteiger partial charge on any atom is 0.339 e. The summed E-state index contributed by atoms with van der Waals surface area (Å²) in [7, 11) is 0. The Morgan fingerprint density at radius 1 is 1.39 bits per heavy atom. The summed E-state index contributed by atoms with van der Waals surface area (Å²) in [5.74, 6) is 0.0940. The molecular formula is C15H17NO2. The first kappa shape index (κ1) is 12.6. The molecule has 0 aliphatic carbocycles. The Bertz CT molecular complexity index is 576. The number of aromatic nitrogens is 1. The van der Waals surface area contributed by atoms with Crippen molar-refractivity contribution in [3.05, 3.63) is 41.6 Å². The molecule has 0 aliphatic rings. The molecule has 0 aliphatic heterocycles. The van der Waals surface area contributed by atoms with Crippen LogP contribution in [-0.2, 0) is 4.74 Å². The molecule has 94 valence electrons. The Hall–Kier alpha value is -1.90. The molecule has 1 heterocycles. The Morgan fingerprint density at radius 2 is 2.17 bits per heavy atom. The summed E-state index contributed by atoms with van der Waals surface area (Å²) < 4.78 is 4.98. The fourth-order valence-corrected chi connectivity index (χ4v) is 1.98. The van der Waals surface area contributed by atoms with Crippen molar-refractivity contribution in [2.75, 3.05) is 6.61 Å². The van der Waals surface area contributed by atoms with Crippen LogP contribution in [0.25, 0.3) is 10.9 Å². The van der Waals surface area contributed by atoms with E-state index < -0.39 is 0 Å². The van der Waals surface area contributed by atoms with E-state index in [1.807, 2.05) is 18.2 Å². The lowest BCUT2D eigenvalue weighted by Crippen LogP contribution is -2.05. The molecule has 3 nitrogen and oxygen atoms in total. The fourth-order valence-electron chi connectivity index (χ4n) is 1.98. The van der Waals surface area contributed by atoms with Crippen molar-refractivity contribution in [3.8, 4) is 0 Å². The van der Waals surface area contributed by atoms with Gasteiger partial charge in [0.15, 0.2) is 0 Å². The molecule has 0 unspecified atom stereocenters. The summed E-state index contributed by atoms with van der Waals surface area (Å²) in [6.07, 6.45) is 1.59. The normalized spacial score (nSPS) is 10.9. The summed E-state index contributed by atoms with van der Waals surface area (Å²) >= 11 is 0. The minimum absolute atomic E-state index is 0.318. The van der Waals surface area contributed by atoms with Crippen LogP contribution < -0.4 is 0 Å². The van der Waals surface area contributed by atoms with Crippen LogP contribution >= 0.6 is 0 Å². The maximum absolute atomic E-state index is 11.6. The van der Waals surface area contributed by atoms with Crippen LogP contribution in [0.2, 0.25) is 0 Å². The van der Waals surface area contributed by atoms with Crippen molar-refractivity contribution < 1.29 is 9.53 Å². The number of rotatable bonds is 3. The van der Waals surface area contributed by atoms with Crippen LogP contribution in [-0.4, -0.2) is 17.6 Å². The highest BCUT2D eigenvalue weighted by atomic mass is 16.5. The predicted molar refractivity (Wildman–Crippen MR) is 71.8 cm³/mol. The molecule has 0 amide bonds. The third-order valence-electron chi connectivity index (χ3n) is 2.88. The van der Waals surface area contributed by atoms with Crippen molar-refractivity contribution in [3.63, 3.8) is 0 Å². The van der Waals surface area contributed by atoms with Gasteiger partial charge in [-0.15, -0.1) is 0 Å². The van der Waals surface area contributed by atoms with E-state index in [1.165, 1.54) is 5.56 Å². The predicted octanol–water partition coefficient (Wildman–Crippen LogP) is 3.53. The minimum atomic E-state index is -0.318. The number of carbonyl (C=O) groups is 1. The summed E-state index contributed by atoms with van der Waals surface area (Å²) in [6, 6.07) is 7.88. The van der Waals surface area contributed by atoms with E-state index in [0.29, 0.717) is 18.1 Å². The first-order chi connectivity index (χ1) is 8.63. The molecule has 1 aromatic heterocycles. The van der Waals surface area contributed by atoms with Crippen molar-refractivity contribution >= 4 is 16.9 Å². The molecular weight excluding hydrogens is 226 g/mol. The SMILES string of the molecule is CCOC(=O)c1cnc2c(C(C)C)cccc2c1. The lowest BCUT2D eigenvalue weighted by Gasteiger charge is -2.09. The average Bonchev–Trinajstić information content (AvgIpc) is 2.37. The van der Waals surface area contributed by atoms with Crippen LogP contribution in [0, 0.1) is 0 Å². The first-order valence-electron chi connectivity index (χ1n) is 6.19. The van der Waals surface area contributed by atoms with Gasteiger partial charge in [0.1, 0.15) is 0 Å². The third-order valence-corrected chi connectivity index (χ3v) is 2.88. The highest BCUT2D eigenvalue weighted by molar-refractivity contribution is 5.94. The van der Waals surface area contributed by atoms with Gasteiger partial charge in [-0.3, -0.25) is 4.98 Å². The van der Waals surface area contributed by atoms with Gasteiger partial charge in [0, 0.05) is 11.6 Å². The van der Waals surface area contributed by atoms with Crippen molar-refractivity contribution in [1.82, 2.24) is 4.98 Å². The van der Waals surface area contributed by atoms with Gasteiger partial charge in [0.2, 0.25) is 0 Å². The summed E-state index contributed by atoms with van der Waals surface area (Å²) in [5.41, 5.74) is 2.66. The molecule has 0 bridgehead atoms. The number of hydrogen-bond acceptors (Lipinski definition) is 3. The summed E-state index contributed by atoms with van der Waals surface area (Å²) in [5, 5.41) is 0.978. The van der Waals surface area contributed by atoms with E-state index in [2.05, 4.69) is 24.9 Å². The molecule has 0 fully saturated rings. The molecule has 2 aromatic rings. The highest BCUT2D eigenvalue weighted by Gasteiger charge is 2.10. The van der Waals surface area contributed by atoms with Gasteiger partial charge in [-0.25, -0.2) is 4.79 Å². The maximum atomic E-state index is 11.6. The van der Waals surface area contributed by atoms with Gasteiger partial charge in [-0.2, -0.15) is 0 Å². The van der Waals surface area contributed by atoms with Crippen molar-refractivity contribution in [2.45, 2.75) is 26.7 Å². The van der Waals surface area contributed by atoms with Crippen LogP contribution in [0.5, 0.6) is 0 Å². The van der Waals surface area contributed by atoms with Gasteiger partial charge >= 0.3 is 5.97 Å². The third kappa shape index (κ3) is 2.35. The number of para-hydroxylation sites is 1. The molecule has 0 saturated carbocycles. The average molecular weight is 243 g/mol. The standard InChI is InChI=1S/C15H17NO2/c1-4-18-15(17)12-8-11-6-5-7-13(10(2)3)14(11)16-9-12/h5-10H,4H2,1-3H3. The lowest BCUT2D eigenvalue weighted by atomic mass is 9.99. The second-order valence-corrected chi connectivity index (χ2v) is 4.52. The number of benzene rings is 1. The quantitative estimate of drug-likeness (QED) is 0.774. The van der Waals surface area contributed by atoms with Gasteiger partial charge in [-0.05, 0) is 24.5 Å². The van der Waals surface area contributed by atoms with E-state index in [0.717, 1.165) is 10.9 Å². The molecule has 2 rings (SSSR count). The molecule has 0 spiro atoms. The number of fused-ring (bicyclic) bond motifs is 1. The van der Waals surface area contributed by atoms with Gasteiger partial charge < -0.3 is 4.74 Å². The number of ether oxygens (including phenoxy) is 1. The van der Waals surface area contributed by atoms with Gasteiger partial charge in [0.25, 0.3) is 0 Å². The Labute approximate surface area is 107 Å². The summed E-state index contributed by atoms with van der Waals surface area (Å²) in [4.78, 5) is 16.0. The van der Waals surface area contributed by atoms with Crippen LogP contribution in [0.4, 0.5) is 0 Å². The number of esters is 1. The zero-order valence-electron chi connectivity index (χ0n) is 10.9. The van der Waals surface area contributed by atoms with Gasteiger partial charge in [0.05, 0.1) is 17.7 Å². The topological polar surface area (TPSA) is 39.2 Å². The zero-order valence-corrected chi connectivity index (χ0v) is 10.9. The molecule has 0 radical (unpaired) electrons. The summed E-state index contributed by atoms with van der Waals surface area (Å²) in [6.45, 7) is 6.44. The molecule has 18 heavy (non-hydrogen) atoms. The molecule has 3 heteroatoms. The lowest BCUT2D eigenvalue weighted by molar-refractivity contribution is 0.0526. The highest BCUT2D eigenvalue weighted by Crippen LogP contribution is 2.24. The van der Waals surface area contributed by atoms with E-state index in [9.17, 15) is 4.79 Å². The van der Waals surface area contributed by atoms with Gasteiger partial charge in [-0.1, -0.05) is 32.0 Å². The molecule has 0 saturated heterocycles. The van der Waals surface area contributed by atoms with E-state index in [4.69, 9.17) is 4.74 Å². The first-order valence-corrected chi connectivity index (χ1v) is 6.19. The number of pyridine rings is 1. The minimum Gasteiger partial charge on any atom is -0.462 e. The fraction of sp³-hybridized carbons (Fsp3) is 0.333. The van der Waals surface area contributed by atoms with Crippen LogP contribution in [0.3, 0.4) is 0 Å². The van der Waals surface area contributed by atoms with E-state index in [1.54, 1.807) is 13.1 Å². The number of carbonyl (C=O) groups excluding carboxylic acids is 1. The Morgan fingerprint density at radius 3 is 2.83 bits per heavy atom. The second-order valence-electron chi connectivity index (χ2n) is 4.52. The Balaban J connectivity index is 2.50. The smallest absolute Gasteiger partial charge is 0.339 e. The zero-order chi connectivity index (χ0) is 13.1. The number of hydrogen-bond donors (Lipinski definition) is 0. The second kappa shape index (κ2) is 5.17. The van der Waals surface area contributed by atoms with Crippen molar-refractivity contribution in [2.24, 2.45) is 0 Å². The molecule has 1 aromatic carbocycles. The van der Waals surface area contributed by atoms with E-state index >= 15 is 0 Å². The molecule has 0 N–H and O–H groups in total. The van der Waals surface area contributed by atoms with Crippen LogP contribution in [0.15, 0.2) is 30.5 Å². The number of nitrogens with zero attached hydrogens (tertiary/aromatic N) is 1. The molecule has 0 atom stereocenters. The monoisotopic (exact) mass is 243 g/mol. The van der Waals surface area contributed by atoms with Crippen LogP contribution in [0.1, 0.15) is 42.6 Å². The Kier molecular flexibility index (Phi) is 3.60. The van der Waals surface area contributed by atoms with Crippen molar-refractivity contribution in [1.29, 1.82) is 0 Å². The largest absolute Gasteiger partial charge is 0.462 e. The van der Waals surface area contributed by atoms with E-state index in [-0.39, 0.29) is 5.97 Å².